The number of aryl methyl sites for hydroxylation is 1. The Morgan fingerprint density at radius 1 is 1.43 bits per heavy atom. The van der Waals surface area contributed by atoms with E-state index in [1.54, 1.807) is 12.4 Å². The minimum absolute atomic E-state index is 0.207. The van der Waals surface area contributed by atoms with Crippen LogP contribution in [0.25, 0.3) is 0 Å². The van der Waals surface area contributed by atoms with E-state index in [4.69, 9.17) is 4.74 Å². The zero-order valence-corrected chi connectivity index (χ0v) is 14.4. The van der Waals surface area contributed by atoms with Gasteiger partial charge in [-0.15, -0.1) is 0 Å². The summed E-state index contributed by atoms with van der Waals surface area (Å²) in [5.74, 6) is 0.814. The minimum atomic E-state index is -0.445. The van der Waals surface area contributed by atoms with Crippen molar-refractivity contribution >= 4 is 22.0 Å². The molecule has 1 aromatic heterocycles. The van der Waals surface area contributed by atoms with E-state index < -0.39 is 5.60 Å². The third kappa shape index (κ3) is 4.95. The van der Waals surface area contributed by atoms with Crippen LogP contribution in [0.2, 0.25) is 0 Å². The molecule has 1 atom stereocenters. The Morgan fingerprint density at radius 2 is 2.10 bits per heavy atom. The molecule has 1 unspecified atom stereocenters. The van der Waals surface area contributed by atoms with Gasteiger partial charge in [0.15, 0.2) is 0 Å². The first kappa shape index (κ1) is 16.2. The highest BCUT2D eigenvalue weighted by atomic mass is 79.9. The highest BCUT2D eigenvalue weighted by Gasteiger charge is 2.31. The molecule has 1 aromatic rings. The van der Waals surface area contributed by atoms with Gasteiger partial charge in [0, 0.05) is 31.4 Å². The average molecular weight is 356 g/mol. The van der Waals surface area contributed by atoms with Gasteiger partial charge in [-0.3, -0.25) is 0 Å². The van der Waals surface area contributed by atoms with E-state index in [-0.39, 0.29) is 12.1 Å². The summed E-state index contributed by atoms with van der Waals surface area (Å²) < 4.78 is 6.35. The molecule has 116 valence electrons. The van der Waals surface area contributed by atoms with Gasteiger partial charge in [-0.05, 0) is 56.0 Å². The Labute approximate surface area is 134 Å². The number of aromatic nitrogens is 2. The standard InChI is InChI=1S/C15H22BrN3O2/c1-15(2,3)21-14(20)19-8-4-5-12(19)6-7-13-17-9-11(16)10-18-13/h9-10,12H,4-8H2,1-3H3. The third-order valence-corrected chi connectivity index (χ3v) is 3.79. The maximum absolute atomic E-state index is 12.2. The molecule has 1 saturated heterocycles. The van der Waals surface area contributed by atoms with Gasteiger partial charge in [0.25, 0.3) is 0 Å². The lowest BCUT2D eigenvalue weighted by molar-refractivity contribution is 0.0220. The number of hydrogen-bond donors (Lipinski definition) is 0. The fourth-order valence-corrected chi connectivity index (χ4v) is 2.67. The number of likely N-dealkylation sites (tertiary alicyclic amines) is 1. The molecule has 2 rings (SSSR count). The lowest BCUT2D eigenvalue weighted by Crippen LogP contribution is -2.40. The van der Waals surface area contributed by atoms with Gasteiger partial charge in [0.05, 0.1) is 4.47 Å². The molecule has 0 aromatic carbocycles. The van der Waals surface area contributed by atoms with Gasteiger partial charge in [-0.2, -0.15) is 0 Å². The van der Waals surface area contributed by atoms with Crippen molar-refractivity contribution < 1.29 is 9.53 Å². The highest BCUT2D eigenvalue weighted by Crippen LogP contribution is 2.24. The van der Waals surface area contributed by atoms with E-state index in [0.29, 0.717) is 0 Å². The van der Waals surface area contributed by atoms with Crippen LogP contribution in [0.4, 0.5) is 4.79 Å². The molecule has 2 heterocycles. The second-order valence-corrected chi connectivity index (χ2v) is 7.24. The summed E-state index contributed by atoms with van der Waals surface area (Å²) in [4.78, 5) is 22.6. The molecule has 0 aliphatic carbocycles. The van der Waals surface area contributed by atoms with Crippen LogP contribution in [0.1, 0.15) is 45.9 Å². The quantitative estimate of drug-likeness (QED) is 0.831. The SMILES string of the molecule is CC(C)(C)OC(=O)N1CCCC1CCc1ncc(Br)cn1. The van der Waals surface area contributed by atoms with Crippen molar-refractivity contribution in [2.24, 2.45) is 0 Å². The second-order valence-electron chi connectivity index (χ2n) is 6.33. The van der Waals surface area contributed by atoms with E-state index in [1.165, 1.54) is 0 Å². The molecule has 1 fully saturated rings. The first-order chi connectivity index (χ1) is 9.85. The van der Waals surface area contributed by atoms with Crippen LogP contribution in [0.3, 0.4) is 0 Å². The Hall–Kier alpha value is -1.17. The summed E-state index contributed by atoms with van der Waals surface area (Å²) in [7, 11) is 0. The number of halogens is 1. The molecular weight excluding hydrogens is 334 g/mol. The Morgan fingerprint density at radius 3 is 2.71 bits per heavy atom. The molecule has 0 spiro atoms. The van der Waals surface area contributed by atoms with Crippen molar-refractivity contribution in [1.82, 2.24) is 14.9 Å². The van der Waals surface area contributed by atoms with Crippen molar-refractivity contribution in [3.8, 4) is 0 Å². The molecular formula is C15H22BrN3O2. The predicted octanol–water partition coefficient (Wildman–Crippen LogP) is 3.57. The number of carbonyl (C=O) groups excluding carboxylic acids is 1. The van der Waals surface area contributed by atoms with E-state index >= 15 is 0 Å². The Balaban J connectivity index is 1.90. The van der Waals surface area contributed by atoms with E-state index in [1.807, 2.05) is 25.7 Å². The lowest BCUT2D eigenvalue weighted by atomic mass is 10.1. The first-order valence-electron chi connectivity index (χ1n) is 7.31. The molecule has 0 N–H and O–H groups in total. The smallest absolute Gasteiger partial charge is 0.410 e. The monoisotopic (exact) mass is 355 g/mol. The minimum Gasteiger partial charge on any atom is -0.444 e. The summed E-state index contributed by atoms with van der Waals surface area (Å²) in [6.45, 7) is 6.46. The van der Waals surface area contributed by atoms with Crippen molar-refractivity contribution in [1.29, 1.82) is 0 Å². The lowest BCUT2D eigenvalue weighted by Gasteiger charge is -2.28. The van der Waals surface area contributed by atoms with Crippen LogP contribution in [-0.4, -0.2) is 39.1 Å². The van der Waals surface area contributed by atoms with E-state index in [9.17, 15) is 4.79 Å². The predicted molar refractivity (Wildman–Crippen MR) is 84.0 cm³/mol. The van der Waals surface area contributed by atoms with E-state index in [2.05, 4.69) is 25.9 Å². The van der Waals surface area contributed by atoms with Crippen LogP contribution in [0.15, 0.2) is 16.9 Å². The summed E-state index contributed by atoms with van der Waals surface area (Å²) in [6, 6.07) is 0.229. The molecule has 5 nitrogen and oxygen atoms in total. The summed E-state index contributed by atoms with van der Waals surface area (Å²) in [6.07, 6.45) is 7.01. The molecule has 21 heavy (non-hydrogen) atoms. The Bertz CT molecular complexity index is 485. The fraction of sp³-hybridized carbons (Fsp3) is 0.667. The van der Waals surface area contributed by atoms with Crippen LogP contribution in [0, 0.1) is 0 Å². The summed E-state index contributed by atoms with van der Waals surface area (Å²) >= 11 is 3.32. The number of nitrogens with zero attached hydrogens (tertiary/aromatic N) is 3. The van der Waals surface area contributed by atoms with Crippen molar-refractivity contribution in [3.63, 3.8) is 0 Å². The van der Waals surface area contributed by atoms with Crippen LogP contribution < -0.4 is 0 Å². The van der Waals surface area contributed by atoms with Crippen LogP contribution in [-0.2, 0) is 11.2 Å². The zero-order chi connectivity index (χ0) is 15.5. The molecule has 0 saturated carbocycles. The molecule has 1 amide bonds. The third-order valence-electron chi connectivity index (χ3n) is 3.38. The molecule has 6 heteroatoms. The Kier molecular flexibility index (Phi) is 5.19. The van der Waals surface area contributed by atoms with Gasteiger partial charge in [-0.1, -0.05) is 0 Å². The first-order valence-corrected chi connectivity index (χ1v) is 8.10. The van der Waals surface area contributed by atoms with E-state index in [0.717, 1.165) is 42.5 Å². The molecule has 0 radical (unpaired) electrons. The number of ether oxygens (including phenoxy) is 1. The number of hydrogen-bond acceptors (Lipinski definition) is 4. The maximum Gasteiger partial charge on any atom is 0.410 e. The van der Waals surface area contributed by atoms with Crippen molar-refractivity contribution in [2.45, 2.75) is 58.1 Å². The molecule has 1 aliphatic rings. The second kappa shape index (κ2) is 6.73. The van der Waals surface area contributed by atoms with Gasteiger partial charge in [0.2, 0.25) is 0 Å². The van der Waals surface area contributed by atoms with Gasteiger partial charge in [0.1, 0.15) is 11.4 Å². The van der Waals surface area contributed by atoms with Crippen LogP contribution >= 0.6 is 15.9 Å². The van der Waals surface area contributed by atoms with Crippen LogP contribution in [0.5, 0.6) is 0 Å². The average Bonchev–Trinajstić information content (AvgIpc) is 2.84. The maximum atomic E-state index is 12.2. The number of rotatable bonds is 3. The van der Waals surface area contributed by atoms with Crippen molar-refractivity contribution in [3.05, 3.63) is 22.7 Å². The molecule has 1 aliphatic heterocycles. The van der Waals surface area contributed by atoms with Gasteiger partial charge in [-0.25, -0.2) is 14.8 Å². The fourth-order valence-electron chi connectivity index (χ4n) is 2.46. The van der Waals surface area contributed by atoms with Crippen molar-refractivity contribution in [2.75, 3.05) is 6.54 Å². The molecule has 0 bridgehead atoms. The highest BCUT2D eigenvalue weighted by molar-refractivity contribution is 9.10. The largest absolute Gasteiger partial charge is 0.444 e. The summed E-state index contributed by atoms with van der Waals surface area (Å²) in [5, 5.41) is 0. The normalized spacial score (nSPS) is 18.9. The van der Waals surface area contributed by atoms with Gasteiger partial charge < -0.3 is 9.64 Å². The summed E-state index contributed by atoms with van der Waals surface area (Å²) in [5.41, 5.74) is -0.445. The number of carbonyl (C=O) groups is 1. The van der Waals surface area contributed by atoms with Gasteiger partial charge >= 0.3 is 6.09 Å². The zero-order valence-electron chi connectivity index (χ0n) is 12.8. The topological polar surface area (TPSA) is 55.3 Å². The number of amides is 1.